The van der Waals surface area contributed by atoms with Crippen LogP contribution < -0.4 is 10.0 Å². The van der Waals surface area contributed by atoms with E-state index in [1.54, 1.807) is 24.3 Å². The highest BCUT2D eigenvalue weighted by Crippen LogP contribution is 2.24. The number of hydrogen-bond acceptors (Lipinski definition) is 3. The van der Waals surface area contributed by atoms with Crippen LogP contribution in [0.5, 0.6) is 0 Å². The number of hydrogen-bond donors (Lipinski definition) is 2. The number of amides is 1. The molecule has 0 aliphatic heterocycles. The van der Waals surface area contributed by atoms with Gasteiger partial charge >= 0.3 is 0 Å². The molecule has 0 saturated carbocycles. The van der Waals surface area contributed by atoms with Gasteiger partial charge in [-0.25, -0.2) is 8.42 Å². The van der Waals surface area contributed by atoms with E-state index in [4.69, 9.17) is 0 Å². The normalized spacial score (nSPS) is 11.3. The van der Waals surface area contributed by atoms with E-state index in [1.807, 2.05) is 13.8 Å². The molecule has 23 heavy (non-hydrogen) atoms. The third kappa shape index (κ3) is 4.56. The van der Waals surface area contributed by atoms with Gasteiger partial charge in [0.15, 0.2) is 0 Å². The zero-order chi connectivity index (χ0) is 17.0. The van der Waals surface area contributed by atoms with E-state index in [9.17, 15) is 13.2 Å². The molecule has 7 heteroatoms. The topological polar surface area (TPSA) is 75.3 Å². The number of carbonyl (C=O) groups is 1. The van der Waals surface area contributed by atoms with Crippen LogP contribution in [0, 0.1) is 0 Å². The molecule has 0 bridgehead atoms. The number of anilines is 1. The maximum Gasteiger partial charge on any atom is 0.261 e. The minimum Gasteiger partial charge on any atom is -0.350 e. The van der Waals surface area contributed by atoms with Gasteiger partial charge in [-0.15, -0.1) is 0 Å². The molecule has 1 amide bonds. The van der Waals surface area contributed by atoms with Gasteiger partial charge in [0.05, 0.1) is 10.6 Å². The molecule has 2 aromatic carbocycles. The Kier molecular flexibility index (Phi) is 5.43. The van der Waals surface area contributed by atoms with Crippen molar-refractivity contribution in [1.82, 2.24) is 5.32 Å². The van der Waals surface area contributed by atoms with Gasteiger partial charge in [-0.2, -0.15) is 0 Å². The lowest BCUT2D eigenvalue weighted by atomic mass is 10.2. The minimum absolute atomic E-state index is 0.0167. The monoisotopic (exact) mass is 396 g/mol. The number of sulfonamides is 1. The van der Waals surface area contributed by atoms with E-state index in [1.165, 1.54) is 24.3 Å². The smallest absolute Gasteiger partial charge is 0.261 e. The summed E-state index contributed by atoms with van der Waals surface area (Å²) in [5.41, 5.74) is 0.868. The van der Waals surface area contributed by atoms with Gasteiger partial charge in [0.25, 0.3) is 15.9 Å². The summed E-state index contributed by atoms with van der Waals surface area (Å²) in [6.07, 6.45) is 0. The highest BCUT2D eigenvalue weighted by molar-refractivity contribution is 9.10. The van der Waals surface area contributed by atoms with Crippen LogP contribution in [0.4, 0.5) is 5.69 Å². The Morgan fingerprint density at radius 1 is 1.04 bits per heavy atom. The molecule has 2 N–H and O–H groups in total. The van der Waals surface area contributed by atoms with E-state index in [0.29, 0.717) is 15.7 Å². The van der Waals surface area contributed by atoms with Crippen LogP contribution in [0.15, 0.2) is 57.9 Å². The van der Waals surface area contributed by atoms with Crippen LogP contribution in [0.3, 0.4) is 0 Å². The Labute approximate surface area is 144 Å². The summed E-state index contributed by atoms with van der Waals surface area (Å²) in [5, 5.41) is 2.75. The highest BCUT2D eigenvalue weighted by atomic mass is 79.9. The molecule has 0 spiro atoms. The van der Waals surface area contributed by atoms with Gasteiger partial charge in [0.1, 0.15) is 0 Å². The number of halogens is 1. The van der Waals surface area contributed by atoms with E-state index in [0.717, 1.165) is 0 Å². The predicted molar refractivity (Wildman–Crippen MR) is 94.0 cm³/mol. The first-order chi connectivity index (χ1) is 10.8. The number of rotatable bonds is 5. The van der Waals surface area contributed by atoms with Crippen LogP contribution in [0.1, 0.15) is 24.2 Å². The fourth-order valence-corrected chi connectivity index (χ4v) is 3.47. The molecule has 0 heterocycles. The van der Waals surface area contributed by atoms with Gasteiger partial charge in [-0.05, 0) is 66.2 Å². The quantitative estimate of drug-likeness (QED) is 0.812. The molecule has 0 saturated heterocycles. The van der Waals surface area contributed by atoms with E-state index >= 15 is 0 Å². The summed E-state index contributed by atoms with van der Waals surface area (Å²) in [7, 11) is -3.71. The first-order valence-electron chi connectivity index (χ1n) is 6.98. The van der Waals surface area contributed by atoms with Crippen molar-refractivity contribution in [1.29, 1.82) is 0 Å². The molecule has 5 nitrogen and oxygen atoms in total. The Balaban J connectivity index is 2.21. The van der Waals surface area contributed by atoms with Gasteiger partial charge < -0.3 is 5.32 Å². The third-order valence-electron chi connectivity index (χ3n) is 2.96. The molecule has 0 aliphatic rings. The van der Waals surface area contributed by atoms with Crippen molar-refractivity contribution in [3.05, 3.63) is 58.6 Å². The predicted octanol–water partition coefficient (Wildman–Crippen LogP) is 3.39. The average molecular weight is 397 g/mol. The molecule has 2 aromatic rings. The maximum atomic E-state index is 12.4. The molecular formula is C16H17BrN2O3S. The zero-order valence-electron chi connectivity index (χ0n) is 12.7. The summed E-state index contributed by atoms with van der Waals surface area (Å²) in [6.45, 7) is 3.72. The van der Waals surface area contributed by atoms with Crippen LogP contribution >= 0.6 is 15.9 Å². The Bertz CT molecular complexity index is 802. The number of benzene rings is 2. The Hall–Kier alpha value is -1.86. The minimum atomic E-state index is -3.71. The molecule has 0 aliphatic carbocycles. The first-order valence-corrected chi connectivity index (χ1v) is 9.25. The lowest BCUT2D eigenvalue weighted by Crippen LogP contribution is -2.30. The van der Waals surface area contributed by atoms with Crippen molar-refractivity contribution < 1.29 is 13.2 Å². The second-order valence-corrected chi connectivity index (χ2v) is 7.77. The third-order valence-corrected chi connectivity index (χ3v) is 5.04. The van der Waals surface area contributed by atoms with Crippen LogP contribution in [0.2, 0.25) is 0 Å². The van der Waals surface area contributed by atoms with Gasteiger partial charge in [-0.1, -0.05) is 12.1 Å². The van der Waals surface area contributed by atoms with E-state index in [-0.39, 0.29) is 16.8 Å². The van der Waals surface area contributed by atoms with Crippen molar-refractivity contribution in [3.63, 3.8) is 0 Å². The Morgan fingerprint density at radius 2 is 1.65 bits per heavy atom. The number of nitrogens with one attached hydrogen (secondary N) is 2. The second kappa shape index (κ2) is 7.14. The zero-order valence-corrected chi connectivity index (χ0v) is 15.1. The molecular weight excluding hydrogens is 380 g/mol. The molecule has 0 radical (unpaired) electrons. The summed E-state index contributed by atoms with van der Waals surface area (Å²) in [6, 6.07) is 12.8. The molecule has 122 valence electrons. The van der Waals surface area contributed by atoms with Crippen molar-refractivity contribution in [2.24, 2.45) is 0 Å². The molecule has 0 unspecified atom stereocenters. The van der Waals surface area contributed by atoms with Crippen molar-refractivity contribution in [2.45, 2.75) is 24.8 Å². The van der Waals surface area contributed by atoms with E-state index < -0.39 is 10.0 Å². The average Bonchev–Trinajstić information content (AvgIpc) is 2.49. The molecule has 2 rings (SSSR count). The lowest BCUT2D eigenvalue weighted by Gasteiger charge is -2.11. The molecule has 0 aromatic heterocycles. The fraction of sp³-hybridized carbons (Fsp3) is 0.188. The number of para-hydroxylation sites is 1. The largest absolute Gasteiger partial charge is 0.350 e. The summed E-state index contributed by atoms with van der Waals surface area (Å²) >= 11 is 3.30. The molecule has 0 atom stereocenters. The first kappa shape index (κ1) is 17.5. The molecule has 0 fully saturated rings. The maximum absolute atomic E-state index is 12.4. The standard InChI is InChI=1S/C16H17BrN2O3S/c1-11(2)18-16(20)12-7-9-13(10-8-12)23(21,22)19-15-6-4-3-5-14(15)17/h3-11,19H,1-2H3,(H,18,20). The number of carbonyl (C=O) groups excluding carboxylic acids is 1. The summed E-state index contributed by atoms with van der Waals surface area (Å²) in [5.74, 6) is -0.234. The second-order valence-electron chi connectivity index (χ2n) is 5.24. The summed E-state index contributed by atoms with van der Waals surface area (Å²) in [4.78, 5) is 12.0. The van der Waals surface area contributed by atoms with Crippen molar-refractivity contribution in [3.8, 4) is 0 Å². The van der Waals surface area contributed by atoms with Crippen LogP contribution in [0.25, 0.3) is 0 Å². The highest BCUT2D eigenvalue weighted by Gasteiger charge is 2.16. The fourth-order valence-electron chi connectivity index (χ4n) is 1.88. The lowest BCUT2D eigenvalue weighted by molar-refractivity contribution is 0.0943. The van der Waals surface area contributed by atoms with Crippen molar-refractivity contribution in [2.75, 3.05) is 4.72 Å². The SMILES string of the molecule is CC(C)NC(=O)c1ccc(S(=O)(=O)Nc2ccccc2Br)cc1. The van der Waals surface area contributed by atoms with Crippen molar-refractivity contribution >= 4 is 37.5 Å². The van der Waals surface area contributed by atoms with Crippen LogP contribution in [-0.2, 0) is 10.0 Å². The van der Waals surface area contributed by atoms with Gasteiger partial charge in [-0.3, -0.25) is 9.52 Å². The van der Waals surface area contributed by atoms with Crippen LogP contribution in [-0.4, -0.2) is 20.4 Å². The Morgan fingerprint density at radius 3 is 2.22 bits per heavy atom. The summed E-state index contributed by atoms with van der Waals surface area (Å²) < 4.78 is 27.9. The van der Waals surface area contributed by atoms with Gasteiger partial charge in [0, 0.05) is 16.1 Å². The van der Waals surface area contributed by atoms with Gasteiger partial charge in [0.2, 0.25) is 0 Å². The van der Waals surface area contributed by atoms with E-state index in [2.05, 4.69) is 26.0 Å².